The molecule has 0 bridgehead atoms. The van der Waals surface area contributed by atoms with Crippen LogP contribution in [0.2, 0.25) is 0 Å². The molecule has 1 aliphatic rings. The molecule has 4 heterocycles. The van der Waals surface area contributed by atoms with Crippen molar-refractivity contribution in [3.05, 3.63) is 52.8 Å². The molecule has 5 nitrogen and oxygen atoms in total. The standard InChI is InChI=1S/C23H24F3N5S/c1-14-8-16-3-2-15(9-20(16)29-14)12-31-6-4-17(5-7-31)30-21-19-10-18(11-23(24,25)26)32-22(19)28-13-27-21/h2-3,8-10,13,17,29H,4-7,11-12H2,1H3,(H,27,28,30). The first-order valence-corrected chi connectivity index (χ1v) is 11.5. The second kappa shape index (κ2) is 8.37. The first-order chi connectivity index (χ1) is 15.3. The maximum Gasteiger partial charge on any atom is 0.393 e. The van der Waals surface area contributed by atoms with Gasteiger partial charge >= 0.3 is 6.18 Å². The van der Waals surface area contributed by atoms with Crippen molar-refractivity contribution in [2.75, 3.05) is 18.4 Å². The average Bonchev–Trinajstić information content (AvgIpc) is 3.30. The van der Waals surface area contributed by atoms with Gasteiger partial charge < -0.3 is 10.3 Å². The Labute approximate surface area is 187 Å². The first-order valence-electron chi connectivity index (χ1n) is 10.7. The van der Waals surface area contributed by atoms with Gasteiger partial charge in [-0.2, -0.15) is 13.2 Å². The van der Waals surface area contributed by atoms with Crippen molar-refractivity contribution in [1.29, 1.82) is 0 Å². The molecule has 1 saturated heterocycles. The van der Waals surface area contributed by atoms with Crippen LogP contribution in [0.4, 0.5) is 19.0 Å². The lowest BCUT2D eigenvalue weighted by Crippen LogP contribution is -2.38. The summed E-state index contributed by atoms with van der Waals surface area (Å²) >= 11 is 1.08. The SMILES string of the molecule is Cc1cc2ccc(CN3CCC(Nc4ncnc5sc(CC(F)(F)F)cc45)CC3)cc2[nH]1. The molecule has 1 aliphatic heterocycles. The molecule has 0 amide bonds. The van der Waals surface area contributed by atoms with E-state index in [1.54, 1.807) is 6.07 Å². The Bertz CT molecular complexity index is 1240. The molecular formula is C23H24F3N5S. The van der Waals surface area contributed by atoms with Crippen molar-refractivity contribution >= 4 is 38.3 Å². The van der Waals surface area contributed by atoms with Crippen LogP contribution in [0.5, 0.6) is 0 Å². The summed E-state index contributed by atoms with van der Waals surface area (Å²) in [6, 6.07) is 10.5. The number of anilines is 1. The monoisotopic (exact) mass is 459 g/mol. The Kier molecular flexibility index (Phi) is 5.54. The molecule has 1 aromatic carbocycles. The largest absolute Gasteiger partial charge is 0.393 e. The van der Waals surface area contributed by atoms with Crippen LogP contribution in [0, 0.1) is 6.92 Å². The fraction of sp³-hybridized carbons (Fsp3) is 0.391. The Morgan fingerprint density at radius 2 is 1.97 bits per heavy atom. The third-order valence-corrected chi connectivity index (χ3v) is 6.95. The minimum Gasteiger partial charge on any atom is -0.367 e. The summed E-state index contributed by atoms with van der Waals surface area (Å²) in [5.41, 5.74) is 3.63. The molecular weight excluding hydrogens is 435 g/mol. The summed E-state index contributed by atoms with van der Waals surface area (Å²) < 4.78 is 38.3. The number of aromatic nitrogens is 3. The normalized spacial score (nSPS) is 16.2. The lowest BCUT2D eigenvalue weighted by Gasteiger charge is -2.32. The number of aromatic amines is 1. The van der Waals surface area contributed by atoms with E-state index in [1.165, 1.54) is 28.5 Å². The highest BCUT2D eigenvalue weighted by Crippen LogP contribution is 2.33. The number of thiophene rings is 1. The van der Waals surface area contributed by atoms with Crippen LogP contribution < -0.4 is 5.32 Å². The summed E-state index contributed by atoms with van der Waals surface area (Å²) in [6.07, 6.45) is -1.82. The number of alkyl halides is 3. The molecule has 0 aliphatic carbocycles. The lowest BCUT2D eigenvalue weighted by atomic mass is 10.0. The highest BCUT2D eigenvalue weighted by atomic mass is 32.1. The summed E-state index contributed by atoms with van der Waals surface area (Å²) in [5.74, 6) is 0.630. The number of aryl methyl sites for hydroxylation is 1. The zero-order valence-corrected chi connectivity index (χ0v) is 18.5. The van der Waals surface area contributed by atoms with Crippen molar-refractivity contribution in [3.8, 4) is 0 Å². The molecule has 0 saturated carbocycles. The summed E-state index contributed by atoms with van der Waals surface area (Å²) in [4.78, 5) is 15.2. The molecule has 1 fully saturated rings. The number of piperidine rings is 1. The van der Waals surface area contributed by atoms with Gasteiger partial charge in [0.25, 0.3) is 0 Å². The van der Waals surface area contributed by atoms with Gasteiger partial charge in [0.15, 0.2) is 0 Å². The smallest absolute Gasteiger partial charge is 0.367 e. The first kappa shape index (κ1) is 21.2. The molecule has 9 heteroatoms. The number of benzene rings is 1. The molecule has 0 spiro atoms. The van der Waals surface area contributed by atoms with Gasteiger partial charge in [-0.3, -0.25) is 4.90 Å². The summed E-state index contributed by atoms with van der Waals surface area (Å²) in [6.45, 7) is 4.88. The van der Waals surface area contributed by atoms with Gasteiger partial charge in [0.2, 0.25) is 0 Å². The molecule has 32 heavy (non-hydrogen) atoms. The maximum absolute atomic E-state index is 12.8. The van der Waals surface area contributed by atoms with Crippen LogP contribution >= 0.6 is 11.3 Å². The van der Waals surface area contributed by atoms with E-state index in [9.17, 15) is 13.2 Å². The van der Waals surface area contributed by atoms with E-state index in [0.717, 1.165) is 43.8 Å². The van der Waals surface area contributed by atoms with Gasteiger partial charge in [0, 0.05) is 41.8 Å². The van der Waals surface area contributed by atoms with Gasteiger partial charge in [-0.15, -0.1) is 11.3 Å². The number of H-pyrrole nitrogens is 1. The predicted molar refractivity (Wildman–Crippen MR) is 122 cm³/mol. The quantitative estimate of drug-likeness (QED) is 0.404. The van der Waals surface area contributed by atoms with Crippen LogP contribution in [0.3, 0.4) is 0 Å². The summed E-state index contributed by atoms with van der Waals surface area (Å²) in [7, 11) is 0. The summed E-state index contributed by atoms with van der Waals surface area (Å²) in [5, 5.41) is 5.36. The lowest BCUT2D eigenvalue weighted by molar-refractivity contribution is -0.126. The van der Waals surface area contributed by atoms with Crippen LogP contribution in [0.15, 0.2) is 36.7 Å². The topological polar surface area (TPSA) is 56.8 Å². The molecule has 0 unspecified atom stereocenters. The third-order valence-electron chi connectivity index (χ3n) is 5.91. The van der Waals surface area contributed by atoms with Gasteiger partial charge in [0.05, 0.1) is 11.8 Å². The molecule has 3 aromatic heterocycles. The van der Waals surface area contributed by atoms with Gasteiger partial charge in [-0.1, -0.05) is 12.1 Å². The predicted octanol–water partition coefficient (Wildman–Crippen LogP) is 5.66. The van der Waals surface area contributed by atoms with Crippen LogP contribution in [-0.2, 0) is 13.0 Å². The number of rotatable bonds is 5. The van der Waals surface area contributed by atoms with Gasteiger partial charge in [-0.05, 0) is 48.9 Å². The number of halogens is 3. The zero-order chi connectivity index (χ0) is 22.3. The molecule has 0 atom stereocenters. The van der Waals surface area contributed by atoms with Crippen molar-refractivity contribution in [2.45, 2.75) is 44.9 Å². The molecule has 0 radical (unpaired) electrons. The van der Waals surface area contributed by atoms with Crippen molar-refractivity contribution in [1.82, 2.24) is 19.9 Å². The fourth-order valence-electron chi connectivity index (χ4n) is 4.41. The Hall–Kier alpha value is -2.65. The van der Waals surface area contributed by atoms with Crippen LogP contribution in [0.1, 0.15) is 29.0 Å². The molecule has 5 rings (SSSR count). The van der Waals surface area contributed by atoms with Gasteiger partial charge in [0.1, 0.15) is 17.0 Å². The molecule has 168 valence electrons. The minimum absolute atomic E-state index is 0.240. The number of hydrogen-bond donors (Lipinski definition) is 2. The number of nitrogens with one attached hydrogen (secondary N) is 2. The average molecular weight is 460 g/mol. The number of likely N-dealkylation sites (tertiary alicyclic amines) is 1. The van der Waals surface area contributed by atoms with E-state index in [4.69, 9.17) is 0 Å². The Balaban J connectivity index is 1.21. The second-order valence-electron chi connectivity index (χ2n) is 8.51. The Morgan fingerprint density at radius 3 is 2.75 bits per heavy atom. The zero-order valence-electron chi connectivity index (χ0n) is 17.7. The van der Waals surface area contributed by atoms with E-state index < -0.39 is 12.6 Å². The maximum atomic E-state index is 12.8. The highest BCUT2D eigenvalue weighted by Gasteiger charge is 2.29. The van der Waals surface area contributed by atoms with Crippen LogP contribution in [-0.4, -0.2) is 45.2 Å². The number of hydrogen-bond acceptors (Lipinski definition) is 5. The van der Waals surface area contributed by atoms with Gasteiger partial charge in [-0.25, -0.2) is 9.97 Å². The fourth-order valence-corrected chi connectivity index (χ4v) is 5.44. The van der Waals surface area contributed by atoms with Crippen molar-refractivity contribution in [3.63, 3.8) is 0 Å². The van der Waals surface area contributed by atoms with E-state index in [1.807, 2.05) is 0 Å². The van der Waals surface area contributed by atoms with E-state index in [2.05, 4.69) is 56.4 Å². The van der Waals surface area contributed by atoms with Crippen molar-refractivity contribution < 1.29 is 13.2 Å². The van der Waals surface area contributed by atoms with E-state index in [-0.39, 0.29) is 10.9 Å². The number of fused-ring (bicyclic) bond motifs is 2. The third kappa shape index (κ3) is 4.73. The highest BCUT2D eigenvalue weighted by molar-refractivity contribution is 7.18. The van der Waals surface area contributed by atoms with Crippen LogP contribution in [0.25, 0.3) is 21.1 Å². The Morgan fingerprint density at radius 1 is 1.16 bits per heavy atom. The molecule has 2 N–H and O–H groups in total. The number of nitrogens with zero attached hydrogens (tertiary/aromatic N) is 3. The molecule has 4 aromatic rings. The van der Waals surface area contributed by atoms with E-state index in [0.29, 0.717) is 16.0 Å². The van der Waals surface area contributed by atoms with Crippen molar-refractivity contribution in [2.24, 2.45) is 0 Å². The van der Waals surface area contributed by atoms with E-state index >= 15 is 0 Å². The minimum atomic E-state index is -4.22. The second-order valence-corrected chi connectivity index (χ2v) is 9.63.